The van der Waals surface area contributed by atoms with E-state index in [1.165, 1.54) is 4.90 Å². The average Bonchev–Trinajstić information content (AvgIpc) is 3.05. The maximum Gasteiger partial charge on any atom is 0.490 e. The molecule has 0 saturated heterocycles. The van der Waals surface area contributed by atoms with E-state index in [2.05, 4.69) is 5.32 Å². The van der Waals surface area contributed by atoms with Crippen LogP contribution in [0.25, 0.3) is 0 Å². The van der Waals surface area contributed by atoms with Crippen molar-refractivity contribution in [3.8, 4) is 5.75 Å². The number of carboxylic acid groups (broad SMARTS) is 2. The Kier molecular flexibility index (Phi) is 13.4. The second-order valence-corrected chi connectivity index (χ2v) is 9.86. The van der Waals surface area contributed by atoms with Crippen molar-refractivity contribution >= 4 is 35.4 Å². The molecule has 0 aliphatic carbocycles. The molecule has 1 aliphatic rings. The smallest absolute Gasteiger partial charge is 0.490 e. The van der Waals surface area contributed by atoms with Crippen LogP contribution in [0.4, 0.5) is 18.9 Å². The number of aryl methyl sites for hydroxylation is 1. The SMILES string of the molecule is COc1ccc(CN2C(=O)CN(CCC(=O)O)C(=O)c3cc(CCCCCCNC(=N)N)ccc32)cc1.O=C(O)C(F)(F)F. The standard InChI is InChI=1S/C27H35N5O5.C2HF3O2/c1-37-21-10-7-20(8-11-21)17-32-23-12-9-19(6-4-2-3-5-14-30-27(28)29)16-22(23)26(36)31(18-24(32)33)15-13-25(34)35;3-2(4,5)1(6)7/h7-12,16H,2-6,13-15,17-18H2,1H3,(H,34,35)(H4,28,29,30);(H,6,7). The summed E-state index contributed by atoms with van der Waals surface area (Å²) in [6, 6.07) is 13.0. The van der Waals surface area contributed by atoms with Crippen molar-refractivity contribution in [2.45, 2.75) is 51.2 Å². The summed E-state index contributed by atoms with van der Waals surface area (Å²) in [7, 11) is 1.59. The molecule has 6 N–H and O–H groups in total. The summed E-state index contributed by atoms with van der Waals surface area (Å²) >= 11 is 0. The summed E-state index contributed by atoms with van der Waals surface area (Å²) in [5, 5.41) is 26.2. The Morgan fingerprint density at radius 3 is 2.20 bits per heavy atom. The molecule has 2 aromatic rings. The summed E-state index contributed by atoms with van der Waals surface area (Å²) in [5.74, 6) is -3.69. The highest BCUT2D eigenvalue weighted by atomic mass is 19.4. The zero-order chi connectivity index (χ0) is 32.9. The van der Waals surface area contributed by atoms with E-state index in [1.54, 1.807) is 12.0 Å². The van der Waals surface area contributed by atoms with Gasteiger partial charge in [-0.25, -0.2) is 4.79 Å². The Balaban J connectivity index is 0.000000860. The molecule has 1 heterocycles. The van der Waals surface area contributed by atoms with Gasteiger partial charge in [0.05, 0.1) is 31.3 Å². The maximum atomic E-state index is 13.4. The zero-order valence-corrected chi connectivity index (χ0v) is 24.2. The number of ether oxygens (including phenoxy) is 1. The van der Waals surface area contributed by atoms with Crippen LogP contribution in [0.1, 0.15) is 53.6 Å². The first kappa shape index (κ1) is 35.4. The van der Waals surface area contributed by atoms with Crippen LogP contribution < -0.4 is 20.7 Å². The number of methoxy groups -OCH3 is 1. The third-order valence-corrected chi connectivity index (χ3v) is 6.54. The summed E-state index contributed by atoms with van der Waals surface area (Å²) in [6.07, 6.45) is -0.685. The first-order chi connectivity index (χ1) is 20.7. The van der Waals surface area contributed by atoms with Gasteiger partial charge in [0.25, 0.3) is 5.91 Å². The van der Waals surface area contributed by atoms with Gasteiger partial charge in [-0.15, -0.1) is 0 Å². The Morgan fingerprint density at radius 1 is 1.02 bits per heavy atom. The summed E-state index contributed by atoms with van der Waals surface area (Å²) in [6.45, 7) is 0.741. The van der Waals surface area contributed by atoms with E-state index < -0.39 is 18.1 Å². The number of alkyl halides is 3. The van der Waals surface area contributed by atoms with Crippen molar-refractivity contribution in [3.63, 3.8) is 0 Å². The van der Waals surface area contributed by atoms with Gasteiger partial charge in [0.15, 0.2) is 5.96 Å². The van der Waals surface area contributed by atoms with Gasteiger partial charge in [-0.05, 0) is 54.7 Å². The molecule has 0 aromatic heterocycles. The maximum absolute atomic E-state index is 13.4. The number of amides is 2. The fourth-order valence-corrected chi connectivity index (χ4v) is 4.30. The molecule has 240 valence electrons. The molecular weight excluding hydrogens is 587 g/mol. The topological polar surface area (TPSA) is 186 Å². The lowest BCUT2D eigenvalue weighted by atomic mass is 10.0. The number of nitrogens with two attached hydrogens (primary N) is 1. The number of anilines is 1. The number of nitrogens with zero attached hydrogens (tertiary/aromatic N) is 2. The third kappa shape index (κ3) is 11.5. The minimum absolute atomic E-state index is 0.0217. The number of halogens is 3. The predicted molar refractivity (Wildman–Crippen MR) is 155 cm³/mol. The summed E-state index contributed by atoms with van der Waals surface area (Å²) in [4.78, 5) is 49.7. The fraction of sp³-hybridized carbons (Fsp3) is 0.414. The molecule has 0 unspecified atom stereocenters. The van der Waals surface area contributed by atoms with E-state index in [4.69, 9.17) is 30.9 Å². The number of hydrogen-bond acceptors (Lipinski definition) is 6. The van der Waals surface area contributed by atoms with Gasteiger partial charge in [-0.1, -0.05) is 31.0 Å². The second kappa shape index (κ2) is 16.7. The predicted octanol–water partition coefficient (Wildman–Crippen LogP) is 3.38. The number of aliphatic carboxylic acids is 2. The molecule has 44 heavy (non-hydrogen) atoms. The van der Waals surface area contributed by atoms with Gasteiger partial charge in [0, 0.05) is 13.1 Å². The number of carboxylic acids is 2. The van der Waals surface area contributed by atoms with E-state index in [9.17, 15) is 27.6 Å². The van der Waals surface area contributed by atoms with Crippen LogP contribution in [0.15, 0.2) is 42.5 Å². The molecule has 12 nitrogen and oxygen atoms in total. The van der Waals surface area contributed by atoms with E-state index in [0.717, 1.165) is 43.2 Å². The largest absolute Gasteiger partial charge is 0.497 e. The Hall–Kier alpha value is -4.82. The van der Waals surface area contributed by atoms with Crippen LogP contribution in [0.5, 0.6) is 5.75 Å². The highest BCUT2D eigenvalue weighted by molar-refractivity contribution is 6.09. The van der Waals surface area contributed by atoms with Crippen LogP contribution in [-0.4, -0.2) is 77.7 Å². The van der Waals surface area contributed by atoms with Gasteiger partial charge >= 0.3 is 18.1 Å². The Morgan fingerprint density at radius 2 is 1.64 bits per heavy atom. The molecule has 0 saturated carbocycles. The monoisotopic (exact) mass is 623 g/mol. The number of fused-ring (bicyclic) bond motifs is 1. The Labute approximate surface area is 252 Å². The van der Waals surface area contributed by atoms with Crippen molar-refractivity contribution in [3.05, 3.63) is 59.2 Å². The van der Waals surface area contributed by atoms with Crippen LogP contribution in [0.2, 0.25) is 0 Å². The van der Waals surface area contributed by atoms with E-state index in [0.29, 0.717) is 23.5 Å². The highest BCUT2D eigenvalue weighted by Gasteiger charge is 2.38. The van der Waals surface area contributed by atoms with Crippen LogP contribution in [-0.2, 0) is 27.3 Å². The van der Waals surface area contributed by atoms with Gasteiger partial charge in [0.2, 0.25) is 5.91 Å². The van der Waals surface area contributed by atoms with Crippen molar-refractivity contribution in [1.29, 1.82) is 5.41 Å². The molecule has 0 bridgehead atoms. The number of carbonyl (C=O) groups excluding carboxylic acids is 2. The van der Waals surface area contributed by atoms with E-state index in [-0.39, 0.29) is 43.8 Å². The Bertz CT molecular complexity index is 1320. The number of guanidine groups is 1. The van der Waals surface area contributed by atoms with Gasteiger partial charge in [0.1, 0.15) is 12.3 Å². The molecule has 2 aromatic carbocycles. The second-order valence-electron chi connectivity index (χ2n) is 9.86. The lowest BCUT2D eigenvalue weighted by molar-refractivity contribution is -0.192. The normalized spacial score (nSPS) is 12.9. The molecule has 0 fully saturated rings. The molecule has 3 rings (SSSR count). The molecule has 0 atom stereocenters. The summed E-state index contributed by atoms with van der Waals surface area (Å²) < 4.78 is 37.0. The van der Waals surface area contributed by atoms with Crippen LogP contribution in [0.3, 0.4) is 0 Å². The lowest BCUT2D eigenvalue weighted by Crippen LogP contribution is -2.40. The number of benzene rings is 2. The fourth-order valence-electron chi connectivity index (χ4n) is 4.30. The van der Waals surface area contributed by atoms with Crippen molar-refractivity contribution in [1.82, 2.24) is 10.2 Å². The highest BCUT2D eigenvalue weighted by Crippen LogP contribution is 2.29. The van der Waals surface area contributed by atoms with Crippen molar-refractivity contribution < 1.29 is 47.3 Å². The van der Waals surface area contributed by atoms with Crippen molar-refractivity contribution in [2.75, 3.05) is 31.6 Å². The average molecular weight is 624 g/mol. The lowest BCUT2D eigenvalue weighted by Gasteiger charge is -2.23. The quantitative estimate of drug-likeness (QED) is 0.127. The summed E-state index contributed by atoms with van der Waals surface area (Å²) in [5.41, 5.74) is 8.10. The minimum Gasteiger partial charge on any atom is -0.497 e. The van der Waals surface area contributed by atoms with Crippen LogP contribution in [0, 0.1) is 5.41 Å². The molecular formula is C29H36F3N5O7. The van der Waals surface area contributed by atoms with E-state index in [1.807, 2.05) is 42.5 Å². The first-order valence-electron chi connectivity index (χ1n) is 13.7. The number of unbranched alkanes of at least 4 members (excludes halogenated alkanes) is 3. The van der Waals surface area contributed by atoms with Gasteiger partial charge < -0.3 is 35.8 Å². The molecule has 1 aliphatic heterocycles. The number of hydrogen-bond donors (Lipinski definition) is 5. The molecule has 0 radical (unpaired) electrons. The number of carbonyl (C=O) groups is 4. The number of rotatable bonds is 13. The zero-order valence-electron chi connectivity index (χ0n) is 24.2. The number of nitrogens with one attached hydrogen (secondary N) is 2. The van der Waals surface area contributed by atoms with Crippen LogP contribution >= 0.6 is 0 Å². The third-order valence-electron chi connectivity index (χ3n) is 6.54. The first-order valence-corrected chi connectivity index (χ1v) is 13.7. The molecule has 15 heteroatoms. The minimum atomic E-state index is -5.08. The molecule has 2 amide bonds. The molecule has 0 spiro atoms. The van der Waals surface area contributed by atoms with Gasteiger partial charge in [-0.3, -0.25) is 19.8 Å². The van der Waals surface area contributed by atoms with Gasteiger partial charge in [-0.2, -0.15) is 13.2 Å². The van der Waals surface area contributed by atoms with E-state index >= 15 is 0 Å². The van der Waals surface area contributed by atoms with Crippen molar-refractivity contribution in [2.24, 2.45) is 5.73 Å².